The van der Waals surface area contributed by atoms with Crippen LogP contribution in [-0.2, 0) is 11.3 Å². The van der Waals surface area contributed by atoms with Gasteiger partial charge in [0.15, 0.2) is 0 Å². The highest BCUT2D eigenvalue weighted by Gasteiger charge is 2.35. The SMILES string of the molecule is CCOc1ccc(C(=O)NC(C(=O)N2CCn3c2nc2ccccc23)C(C)C)cc1. The highest BCUT2D eigenvalue weighted by molar-refractivity contribution is 6.03. The Morgan fingerprint density at radius 3 is 2.53 bits per heavy atom. The minimum Gasteiger partial charge on any atom is -0.494 e. The van der Waals surface area contributed by atoms with Crippen LogP contribution in [0.2, 0.25) is 0 Å². The topological polar surface area (TPSA) is 76.5 Å². The molecule has 0 saturated heterocycles. The second kappa shape index (κ2) is 8.18. The molecule has 0 spiro atoms. The van der Waals surface area contributed by atoms with E-state index in [1.165, 1.54) is 0 Å². The second-order valence-corrected chi connectivity index (χ2v) is 7.69. The zero-order chi connectivity index (χ0) is 21.3. The van der Waals surface area contributed by atoms with Crippen molar-refractivity contribution in [3.05, 3.63) is 54.1 Å². The van der Waals surface area contributed by atoms with Crippen molar-refractivity contribution in [2.75, 3.05) is 18.1 Å². The lowest BCUT2D eigenvalue weighted by Crippen LogP contribution is -2.51. The summed E-state index contributed by atoms with van der Waals surface area (Å²) < 4.78 is 7.48. The van der Waals surface area contributed by atoms with Crippen LogP contribution in [0.15, 0.2) is 48.5 Å². The number of fused-ring (bicyclic) bond motifs is 3. The number of nitrogens with zero attached hydrogens (tertiary/aromatic N) is 3. The molecule has 7 heteroatoms. The van der Waals surface area contributed by atoms with E-state index in [1.54, 1.807) is 29.2 Å². The summed E-state index contributed by atoms with van der Waals surface area (Å²) in [6.45, 7) is 7.58. The average molecular weight is 406 g/mol. The molecule has 1 unspecified atom stereocenters. The molecule has 1 aromatic heterocycles. The molecular formula is C23H26N4O3. The number of ether oxygens (including phenoxy) is 1. The summed E-state index contributed by atoms with van der Waals surface area (Å²) in [7, 11) is 0. The van der Waals surface area contributed by atoms with E-state index in [9.17, 15) is 9.59 Å². The first kappa shape index (κ1) is 19.9. The lowest BCUT2D eigenvalue weighted by atomic mass is 10.0. The molecule has 0 bridgehead atoms. The summed E-state index contributed by atoms with van der Waals surface area (Å²) in [5.74, 6) is 0.863. The fourth-order valence-corrected chi connectivity index (χ4v) is 3.77. The number of carbonyl (C=O) groups excluding carboxylic acids is 2. The van der Waals surface area contributed by atoms with Crippen LogP contribution in [-0.4, -0.2) is 40.6 Å². The third-order valence-electron chi connectivity index (χ3n) is 5.34. The summed E-state index contributed by atoms with van der Waals surface area (Å²) in [6, 6.07) is 14.1. The molecule has 3 aromatic rings. The third kappa shape index (κ3) is 3.63. The van der Waals surface area contributed by atoms with Crippen LogP contribution in [0.25, 0.3) is 11.0 Å². The van der Waals surface area contributed by atoms with Gasteiger partial charge < -0.3 is 14.6 Å². The van der Waals surface area contributed by atoms with Gasteiger partial charge in [0.2, 0.25) is 5.95 Å². The average Bonchev–Trinajstić information content (AvgIpc) is 3.31. The van der Waals surface area contributed by atoms with Crippen molar-refractivity contribution in [2.24, 2.45) is 5.92 Å². The molecule has 2 amide bonds. The highest BCUT2D eigenvalue weighted by atomic mass is 16.5. The first-order valence-electron chi connectivity index (χ1n) is 10.3. The Morgan fingerprint density at radius 2 is 1.83 bits per heavy atom. The van der Waals surface area contributed by atoms with Gasteiger partial charge in [-0.2, -0.15) is 0 Å². The largest absolute Gasteiger partial charge is 0.494 e. The van der Waals surface area contributed by atoms with Gasteiger partial charge >= 0.3 is 0 Å². The molecule has 4 rings (SSSR count). The number of rotatable bonds is 6. The standard InChI is InChI=1S/C23H26N4O3/c1-4-30-17-11-9-16(10-12-17)21(28)25-20(15(2)3)22(29)27-14-13-26-19-8-6-5-7-18(19)24-23(26)27/h5-12,15,20H,4,13-14H2,1-3H3,(H,25,28). The quantitative estimate of drug-likeness (QED) is 0.682. The van der Waals surface area contributed by atoms with Gasteiger partial charge in [0.05, 0.1) is 17.6 Å². The summed E-state index contributed by atoms with van der Waals surface area (Å²) in [4.78, 5) is 32.5. The Kier molecular flexibility index (Phi) is 5.44. The number of carbonyl (C=O) groups is 2. The number of hydrogen-bond acceptors (Lipinski definition) is 4. The summed E-state index contributed by atoms with van der Waals surface area (Å²) in [5.41, 5.74) is 2.37. The molecule has 1 N–H and O–H groups in total. The first-order chi connectivity index (χ1) is 14.5. The van der Waals surface area contributed by atoms with Crippen molar-refractivity contribution >= 4 is 28.8 Å². The zero-order valence-electron chi connectivity index (χ0n) is 17.5. The van der Waals surface area contributed by atoms with Crippen molar-refractivity contribution in [3.8, 4) is 5.75 Å². The van der Waals surface area contributed by atoms with Crippen LogP contribution in [0.3, 0.4) is 0 Å². The Hall–Kier alpha value is -3.35. The lowest BCUT2D eigenvalue weighted by molar-refractivity contribution is -0.121. The Bertz CT molecular complexity index is 1070. The molecule has 2 aromatic carbocycles. The van der Waals surface area contributed by atoms with Gasteiger partial charge in [-0.15, -0.1) is 0 Å². The third-order valence-corrected chi connectivity index (χ3v) is 5.34. The van der Waals surface area contributed by atoms with Crippen molar-refractivity contribution < 1.29 is 14.3 Å². The van der Waals surface area contributed by atoms with Crippen LogP contribution >= 0.6 is 0 Å². The number of anilines is 1. The normalized spacial score (nSPS) is 14.1. The van der Waals surface area contributed by atoms with Gasteiger partial charge in [0.1, 0.15) is 11.8 Å². The van der Waals surface area contributed by atoms with Crippen LogP contribution in [0.1, 0.15) is 31.1 Å². The fraction of sp³-hybridized carbons (Fsp3) is 0.348. The minimum absolute atomic E-state index is 0.0671. The van der Waals surface area contributed by atoms with Crippen molar-refractivity contribution in [2.45, 2.75) is 33.4 Å². The van der Waals surface area contributed by atoms with Crippen LogP contribution in [0.4, 0.5) is 5.95 Å². The molecule has 7 nitrogen and oxygen atoms in total. The van der Waals surface area contributed by atoms with Gasteiger partial charge in [-0.25, -0.2) is 4.98 Å². The number of nitrogens with one attached hydrogen (secondary N) is 1. The number of hydrogen-bond donors (Lipinski definition) is 1. The fourth-order valence-electron chi connectivity index (χ4n) is 3.77. The van der Waals surface area contributed by atoms with E-state index in [0.717, 1.165) is 11.0 Å². The number of imidazole rings is 1. The van der Waals surface area contributed by atoms with Gasteiger partial charge in [-0.3, -0.25) is 14.5 Å². The van der Waals surface area contributed by atoms with E-state index in [2.05, 4.69) is 14.9 Å². The molecule has 0 aliphatic carbocycles. The Morgan fingerprint density at radius 1 is 1.10 bits per heavy atom. The Balaban J connectivity index is 1.54. The van der Waals surface area contributed by atoms with E-state index in [1.807, 2.05) is 45.0 Å². The molecule has 0 fully saturated rings. The number of benzene rings is 2. The van der Waals surface area contributed by atoms with Gasteiger partial charge in [0.25, 0.3) is 11.8 Å². The lowest BCUT2D eigenvalue weighted by Gasteiger charge is -2.26. The number of para-hydroxylation sites is 2. The van der Waals surface area contributed by atoms with Crippen molar-refractivity contribution in [1.29, 1.82) is 0 Å². The van der Waals surface area contributed by atoms with Crippen LogP contribution in [0.5, 0.6) is 5.75 Å². The maximum absolute atomic E-state index is 13.4. The van der Waals surface area contributed by atoms with Gasteiger partial charge in [-0.05, 0) is 49.2 Å². The molecule has 0 radical (unpaired) electrons. The van der Waals surface area contributed by atoms with Crippen LogP contribution in [0, 0.1) is 5.92 Å². The summed E-state index contributed by atoms with van der Waals surface area (Å²) in [6.07, 6.45) is 0. The van der Waals surface area contributed by atoms with E-state index >= 15 is 0 Å². The predicted molar refractivity (Wildman–Crippen MR) is 116 cm³/mol. The van der Waals surface area contributed by atoms with Crippen molar-refractivity contribution in [3.63, 3.8) is 0 Å². The molecular weight excluding hydrogens is 380 g/mol. The first-order valence-corrected chi connectivity index (χ1v) is 10.3. The van der Waals surface area contributed by atoms with E-state index in [-0.39, 0.29) is 17.7 Å². The molecule has 2 heterocycles. The summed E-state index contributed by atoms with van der Waals surface area (Å²) in [5, 5.41) is 2.92. The molecule has 0 saturated carbocycles. The van der Waals surface area contributed by atoms with Gasteiger partial charge in [-0.1, -0.05) is 26.0 Å². The maximum Gasteiger partial charge on any atom is 0.252 e. The monoisotopic (exact) mass is 406 g/mol. The highest BCUT2D eigenvalue weighted by Crippen LogP contribution is 2.28. The van der Waals surface area contributed by atoms with Crippen LogP contribution < -0.4 is 15.0 Å². The van der Waals surface area contributed by atoms with E-state index in [4.69, 9.17) is 4.74 Å². The predicted octanol–water partition coefficient (Wildman–Crippen LogP) is 3.24. The maximum atomic E-state index is 13.4. The smallest absolute Gasteiger partial charge is 0.252 e. The minimum atomic E-state index is -0.643. The molecule has 30 heavy (non-hydrogen) atoms. The Labute approximate surface area is 175 Å². The van der Waals surface area contributed by atoms with Gasteiger partial charge in [0, 0.05) is 18.7 Å². The molecule has 1 atom stereocenters. The second-order valence-electron chi connectivity index (χ2n) is 7.69. The van der Waals surface area contributed by atoms with E-state index < -0.39 is 6.04 Å². The number of amides is 2. The molecule has 156 valence electrons. The molecule has 1 aliphatic rings. The number of aromatic nitrogens is 2. The summed E-state index contributed by atoms with van der Waals surface area (Å²) >= 11 is 0. The van der Waals surface area contributed by atoms with Crippen molar-refractivity contribution in [1.82, 2.24) is 14.9 Å². The van der Waals surface area contributed by atoms with E-state index in [0.29, 0.717) is 37.0 Å². The molecule has 1 aliphatic heterocycles. The zero-order valence-corrected chi connectivity index (χ0v) is 17.5.